The number of allylic oxidation sites excluding steroid dienone is 3. The number of fused-ring (bicyclic) bond motifs is 5. The van der Waals surface area contributed by atoms with Gasteiger partial charge in [-0.1, -0.05) is 65.3 Å². The summed E-state index contributed by atoms with van der Waals surface area (Å²) in [7, 11) is 0. The topological polar surface area (TPSA) is 219 Å². The van der Waals surface area contributed by atoms with Crippen molar-refractivity contribution >= 4 is 0 Å². The van der Waals surface area contributed by atoms with Gasteiger partial charge in [0.25, 0.3) is 0 Å². The van der Waals surface area contributed by atoms with Gasteiger partial charge in [-0.3, -0.25) is 0 Å². The van der Waals surface area contributed by atoms with Gasteiger partial charge in [0.15, 0.2) is 12.6 Å². The first kappa shape index (κ1) is 44.5. The van der Waals surface area contributed by atoms with E-state index in [9.17, 15) is 46.0 Å². The van der Waals surface area contributed by atoms with Gasteiger partial charge in [-0.25, -0.2) is 0 Å². The molecule has 0 aromatic carbocycles. The van der Waals surface area contributed by atoms with E-state index in [2.05, 4.69) is 68.0 Å². The summed E-state index contributed by atoms with van der Waals surface area (Å²) in [5, 5.41) is 98.0. The average Bonchev–Trinajstić information content (AvgIpc) is 3.51. The van der Waals surface area contributed by atoms with E-state index in [4.69, 9.17) is 18.9 Å². The molecule has 6 rings (SSSR count). The predicted octanol–water partition coefficient (Wildman–Crippen LogP) is 2.32. The third-order valence-electron chi connectivity index (χ3n) is 17.2. The van der Waals surface area contributed by atoms with E-state index in [1.165, 1.54) is 11.1 Å². The summed E-state index contributed by atoms with van der Waals surface area (Å²) in [6.45, 7) is 20.9. The molecule has 0 radical (unpaired) electrons. The molecule has 0 spiro atoms. The van der Waals surface area contributed by atoms with Crippen molar-refractivity contribution in [3.05, 3.63) is 23.8 Å². The largest absolute Gasteiger partial charge is 0.394 e. The SMILES string of the molecule is C=C(CCC=C(C)C)[C@H]1CC[C@]2(C)[C@@H]1[C@H](O)C[C@@H]1[C@@]3(C)C[C@@H](O)[C@H](O[C@H]4O[C@H](CO)[C@@H](O)[C@H](O)[C@H]4O[C@@H]4O[C@H](CO)[C@@H](O)[C@H](O)[C@H]4O)C(C)(C)[C@]3(C)CC[C@]12C. The number of hydrogen-bond acceptors (Lipinski definition) is 13. The van der Waals surface area contributed by atoms with E-state index in [0.717, 1.165) is 38.5 Å². The second-order valence-corrected chi connectivity index (χ2v) is 20.1. The molecule has 0 unspecified atom stereocenters. The van der Waals surface area contributed by atoms with Crippen LogP contribution < -0.4 is 0 Å². The lowest BCUT2D eigenvalue weighted by atomic mass is 9.31. The molecule has 2 saturated heterocycles. The van der Waals surface area contributed by atoms with Crippen LogP contribution in [-0.2, 0) is 18.9 Å². The molecule has 56 heavy (non-hydrogen) atoms. The number of aliphatic hydroxyl groups is 9. The van der Waals surface area contributed by atoms with Gasteiger partial charge in [0.05, 0.1) is 31.5 Å². The Labute approximate surface area is 332 Å². The zero-order chi connectivity index (χ0) is 41.5. The van der Waals surface area contributed by atoms with Gasteiger partial charge in [-0.15, -0.1) is 0 Å². The molecule has 4 saturated carbocycles. The monoisotopic (exact) mass is 796 g/mol. The maximum Gasteiger partial charge on any atom is 0.187 e. The number of aliphatic hydroxyl groups excluding tert-OH is 9. The van der Waals surface area contributed by atoms with Crippen LogP contribution in [0.3, 0.4) is 0 Å². The minimum Gasteiger partial charge on any atom is -0.394 e. The van der Waals surface area contributed by atoms with Gasteiger partial charge in [0, 0.05) is 0 Å². The van der Waals surface area contributed by atoms with E-state index < -0.39 is 109 Å². The molecule has 4 aliphatic carbocycles. The van der Waals surface area contributed by atoms with Crippen LogP contribution in [0.5, 0.6) is 0 Å². The second-order valence-electron chi connectivity index (χ2n) is 20.1. The van der Waals surface area contributed by atoms with Gasteiger partial charge >= 0.3 is 0 Å². The van der Waals surface area contributed by atoms with Crippen LogP contribution in [-0.4, -0.2) is 139 Å². The van der Waals surface area contributed by atoms with Gasteiger partial charge < -0.3 is 64.9 Å². The summed E-state index contributed by atoms with van der Waals surface area (Å²) in [5.74, 6) is 0.455. The van der Waals surface area contributed by atoms with E-state index in [-0.39, 0.29) is 28.6 Å². The molecule has 0 bridgehead atoms. The van der Waals surface area contributed by atoms with E-state index in [1.54, 1.807) is 0 Å². The summed E-state index contributed by atoms with van der Waals surface area (Å²) in [4.78, 5) is 0. The molecule has 2 heterocycles. The standard InChI is InChI=1S/C43H72O13/c1-21(2)11-10-12-22(3)23-13-14-41(7)29(23)24(46)17-28-40(41,6)15-16-43(9)39(4,5)36(25(47)18-42(28,43)8)56-38-35(33(51)31(49)27(20-45)54-38)55-37-34(52)32(50)30(48)26(19-44)53-37/h11,23-38,44-52H,3,10,12-20H2,1-2,4-9H3/t23-,24-,25-,26-,27-,28+,29+,30-,31-,32+,33+,34-,35-,36+,37+,38-,40-,41-,42-,43+/m1/s1. The smallest absolute Gasteiger partial charge is 0.187 e. The molecule has 13 nitrogen and oxygen atoms in total. The van der Waals surface area contributed by atoms with Gasteiger partial charge in [-0.2, -0.15) is 0 Å². The maximum atomic E-state index is 12.3. The quantitative estimate of drug-likeness (QED) is 0.115. The Bertz CT molecular complexity index is 1450. The fraction of sp³-hybridized carbons (Fsp3) is 0.907. The van der Waals surface area contributed by atoms with Crippen molar-refractivity contribution in [3.8, 4) is 0 Å². The highest BCUT2D eigenvalue weighted by molar-refractivity contribution is 5.25. The third kappa shape index (κ3) is 6.71. The summed E-state index contributed by atoms with van der Waals surface area (Å²) in [5.41, 5.74) is 0.678. The highest BCUT2D eigenvalue weighted by atomic mass is 16.8. The molecule has 0 aromatic rings. The Morgan fingerprint density at radius 2 is 1.32 bits per heavy atom. The van der Waals surface area contributed by atoms with Crippen LogP contribution in [0.1, 0.15) is 107 Å². The Morgan fingerprint density at radius 1 is 0.714 bits per heavy atom. The molecule has 6 fully saturated rings. The zero-order valence-corrected chi connectivity index (χ0v) is 34.8. The third-order valence-corrected chi connectivity index (χ3v) is 17.2. The number of ether oxygens (including phenoxy) is 4. The Hall–Kier alpha value is -1.04. The lowest BCUT2D eigenvalue weighted by molar-refractivity contribution is -0.387. The molecular formula is C43H72O13. The van der Waals surface area contributed by atoms with Crippen molar-refractivity contribution in [2.45, 2.75) is 186 Å². The predicted molar refractivity (Wildman–Crippen MR) is 205 cm³/mol. The van der Waals surface area contributed by atoms with Crippen LogP contribution in [0.25, 0.3) is 0 Å². The van der Waals surface area contributed by atoms with Crippen molar-refractivity contribution in [3.63, 3.8) is 0 Å². The summed E-state index contributed by atoms with van der Waals surface area (Å²) >= 11 is 0. The van der Waals surface area contributed by atoms with Crippen LogP contribution in [0, 0.1) is 44.8 Å². The average molecular weight is 797 g/mol. The summed E-state index contributed by atoms with van der Waals surface area (Å²) in [6, 6.07) is 0. The molecule has 6 aliphatic rings. The lowest BCUT2D eigenvalue weighted by Gasteiger charge is -2.75. The minimum absolute atomic E-state index is 0.0847. The van der Waals surface area contributed by atoms with E-state index in [0.29, 0.717) is 12.8 Å². The van der Waals surface area contributed by atoms with Crippen LogP contribution in [0.2, 0.25) is 0 Å². The van der Waals surface area contributed by atoms with Crippen LogP contribution >= 0.6 is 0 Å². The van der Waals surface area contributed by atoms with Crippen molar-refractivity contribution < 1.29 is 64.9 Å². The van der Waals surface area contributed by atoms with Crippen LogP contribution in [0.4, 0.5) is 0 Å². The molecule has 0 aromatic heterocycles. The normalized spacial score (nSPS) is 52.7. The van der Waals surface area contributed by atoms with Gasteiger partial charge in [0.2, 0.25) is 0 Å². The molecule has 9 N–H and O–H groups in total. The highest BCUT2D eigenvalue weighted by Crippen LogP contribution is 2.79. The fourth-order valence-corrected chi connectivity index (χ4v) is 13.3. The van der Waals surface area contributed by atoms with Gasteiger partial charge in [0.1, 0.15) is 48.8 Å². The first-order valence-electron chi connectivity index (χ1n) is 21.0. The van der Waals surface area contributed by atoms with Crippen molar-refractivity contribution in [1.82, 2.24) is 0 Å². The minimum atomic E-state index is -1.80. The molecule has 0 amide bonds. The van der Waals surface area contributed by atoms with E-state index >= 15 is 0 Å². The molecular weight excluding hydrogens is 724 g/mol. The van der Waals surface area contributed by atoms with Crippen LogP contribution in [0.15, 0.2) is 23.8 Å². The van der Waals surface area contributed by atoms with Crippen molar-refractivity contribution in [1.29, 1.82) is 0 Å². The highest BCUT2D eigenvalue weighted by Gasteiger charge is 2.75. The Balaban J connectivity index is 1.27. The Morgan fingerprint density at radius 3 is 1.93 bits per heavy atom. The molecule has 322 valence electrons. The second kappa shape index (κ2) is 15.8. The molecule has 20 atom stereocenters. The number of hydrogen-bond donors (Lipinski definition) is 9. The molecule has 2 aliphatic heterocycles. The number of rotatable bonds is 10. The lowest BCUT2D eigenvalue weighted by Crippen LogP contribution is -2.73. The van der Waals surface area contributed by atoms with Crippen molar-refractivity contribution in [2.24, 2.45) is 44.8 Å². The fourth-order valence-electron chi connectivity index (χ4n) is 13.3. The summed E-state index contributed by atoms with van der Waals surface area (Å²) < 4.78 is 24.2. The Kier molecular flexibility index (Phi) is 12.5. The summed E-state index contributed by atoms with van der Waals surface area (Å²) in [6.07, 6.45) is -9.40. The van der Waals surface area contributed by atoms with Crippen molar-refractivity contribution in [2.75, 3.05) is 13.2 Å². The zero-order valence-electron chi connectivity index (χ0n) is 34.8. The van der Waals surface area contributed by atoms with E-state index in [1.807, 2.05) is 0 Å². The first-order valence-corrected chi connectivity index (χ1v) is 21.0. The first-order chi connectivity index (χ1) is 26.0. The van der Waals surface area contributed by atoms with Gasteiger partial charge in [-0.05, 0) is 110 Å². The maximum absolute atomic E-state index is 12.3. The molecule has 13 heteroatoms.